The summed E-state index contributed by atoms with van der Waals surface area (Å²) in [4.78, 5) is 0. The summed E-state index contributed by atoms with van der Waals surface area (Å²) in [7, 11) is -1.63. The predicted octanol–water partition coefficient (Wildman–Crippen LogP) is 3.83. The van der Waals surface area contributed by atoms with Gasteiger partial charge in [-0.25, -0.2) is 0 Å². The molecule has 0 radical (unpaired) electrons. The summed E-state index contributed by atoms with van der Waals surface area (Å²) in [5.41, 5.74) is 0. The zero-order valence-corrected chi connectivity index (χ0v) is 10.9. The van der Waals surface area contributed by atoms with Crippen molar-refractivity contribution in [3.8, 4) is 6.07 Å². The van der Waals surface area contributed by atoms with Crippen molar-refractivity contribution in [2.45, 2.75) is 51.7 Å². The monoisotopic (exact) mass is 211 g/mol. The Morgan fingerprint density at radius 2 is 1.93 bits per heavy atom. The van der Waals surface area contributed by atoms with Crippen molar-refractivity contribution in [1.82, 2.24) is 0 Å². The Morgan fingerprint density at radius 3 is 2.36 bits per heavy atom. The highest BCUT2D eigenvalue weighted by Crippen LogP contribution is 2.36. The van der Waals surface area contributed by atoms with Gasteiger partial charge in [0.2, 0.25) is 8.32 Å². The molecule has 0 aliphatic heterocycles. The average Bonchev–Trinajstić information content (AvgIpc) is 2.02. The highest BCUT2D eigenvalue weighted by molar-refractivity contribution is 6.74. The number of nitriles is 1. The highest BCUT2D eigenvalue weighted by Gasteiger charge is 2.37. The first-order valence-corrected chi connectivity index (χ1v) is 7.92. The van der Waals surface area contributed by atoms with E-state index in [2.05, 4.69) is 39.9 Å². The van der Waals surface area contributed by atoms with Crippen molar-refractivity contribution >= 4 is 8.32 Å². The maximum absolute atomic E-state index is 8.34. The molecular formula is C11H21NOSi. The lowest BCUT2D eigenvalue weighted by atomic mass is 10.2. The van der Waals surface area contributed by atoms with E-state index in [0.29, 0.717) is 6.42 Å². The van der Waals surface area contributed by atoms with Crippen molar-refractivity contribution in [2.24, 2.45) is 0 Å². The van der Waals surface area contributed by atoms with Crippen LogP contribution >= 0.6 is 0 Å². The second kappa shape index (κ2) is 5.21. The normalized spacial score (nSPS) is 12.9. The van der Waals surface area contributed by atoms with Crippen LogP contribution in [0.1, 0.15) is 33.6 Å². The number of unbranched alkanes of at least 4 members (excludes halogenated alkanes) is 1. The molecule has 0 aliphatic rings. The smallest absolute Gasteiger partial charge is 0.249 e. The van der Waals surface area contributed by atoms with Crippen LogP contribution in [-0.2, 0) is 4.43 Å². The molecule has 0 atom stereocenters. The summed E-state index contributed by atoms with van der Waals surface area (Å²) in [6.07, 6.45) is 5.06. The molecule has 0 fully saturated rings. The quantitative estimate of drug-likeness (QED) is 0.402. The third-order valence-corrected chi connectivity index (χ3v) is 7.03. The fraction of sp³-hybridized carbons (Fsp3) is 0.727. The summed E-state index contributed by atoms with van der Waals surface area (Å²) in [5, 5.41) is 8.58. The van der Waals surface area contributed by atoms with E-state index in [0.717, 1.165) is 6.42 Å². The van der Waals surface area contributed by atoms with Crippen LogP contribution < -0.4 is 0 Å². The third kappa shape index (κ3) is 4.47. The Kier molecular flexibility index (Phi) is 4.93. The Morgan fingerprint density at radius 1 is 1.36 bits per heavy atom. The molecule has 0 saturated carbocycles. The molecule has 0 aliphatic carbocycles. The largest absolute Gasteiger partial charge is 0.549 e. The van der Waals surface area contributed by atoms with Gasteiger partial charge in [0.1, 0.15) is 0 Å². The van der Waals surface area contributed by atoms with Gasteiger partial charge >= 0.3 is 0 Å². The SMILES string of the molecule is CC(C)(C)[Si](C)(C)O/C=C\CCC#N. The topological polar surface area (TPSA) is 33.0 Å². The maximum atomic E-state index is 8.34. The van der Waals surface area contributed by atoms with Gasteiger partial charge in [0, 0.05) is 6.42 Å². The molecular weight excluding hydrogens is 190 g/mol. The van der Waals surface area contributed by atoms with Crippen LogP contribution in [0.15, 0.2) is 12.3 Å². The summed E-state index contributed by atoms with van der Waals surface area (Å²) >= 11 is 0. The molecule has 2 nitrogen and oxygen atoms in total. The van der Waals surface area contributed by atoms with E-state index in [9.17, 15) is 0 Å². The first-order chi connectivity index (χ1) is 6.31. The Hall–Kier alpha value is -0.753. The summed E-state index contributed by atoms with van der Waals surface area (Å²) < 4.78 is 5.79. The molecule has 0 aromatic heterocycles. The van der Waals surface area contributed by atoms with Crippen molar-refractivity contribution in [3.05, 3.63) is 12.3 Å². The van der Waals surface area contributed by atoms with Crippen LogP contribution in [0.3, 0.4) is 0 Å². The Labute approximate surface area is 88.7 Å². The van der Waals surface area contributed by atoms with E-state index in [-0.39, 0.29) is 5.04 Å². The second-order valence-corrected chi connectivity index (χ2v) is 9.70. The van der Waals surface area contributed by atoms with Crippen molar-refractivity contribution in [2.75, 3.05) is 0 Å². The van der Waals surface area contributed by atoms with Gasteiger partial charge in [-0.1, -0.05) is 26.8 Å². The van der Waals surface area contributed by atoms with E-state index in [1.54, 1.807) is 6.26 Å². The number of rotatable bonds is 4. The first-order valence-electron chi connectivity index (χ1n) is 5.01. The molecule has 3 heteroatoms. The lowest BCUT2D eigenvalue weighted by Gasteiger charge is -2.34. The molecule has 0 heterocycles. The molecule has 0 amide bonds. The van der Waals surface area contributed by atoms with Gasteiger partial charge in [-0.2, -0.15) is 5.26 Å². The van der Waals surface area contributed by atoms with Gasteiger partial charge in [-0.3, -0.25) is 0 Å². The van der Waals surface area contributed by atoms with E-state index in [4.69, 9.17) is 9.69 Å². The minimum atomic E-state index is -1.63. The Bertz CT molecular complexity index is 233. The molecule has 0 bridgehead atoms. The molecule has 0 N–H and O–H groups in total. The summed E-state index contributed by atoms with van der Waals surface area (Å²) in [5.74, 6) is 0. The fourth-order valence-electron chi connectivity index (χ4n) is 0.611. The average molecular weight is 211 g/mol. The molecule has 0 aromatic carbocycles. The maximum Gasteiger partial charge on any atom is 0.249 e. The van der Waals surface area contributed by atoms with Gasteiger partial charge in [0.15, 0.2) is 0 Å². The summed E-state index contributed by atoms with van der Waals surface area (Å²) in [6.45, 7) is 11.1. The van der Waals surface area contributed by atoms with E-state index in [1.165, 1.54) is 0 Å². The highest BCUT2D eigenvalue weighted by atomic mass is 28.4. The molecule has 0 unspecified atom stereocenters. The molecule has 0 rings (SSSR count). The van der Waals surface area contributed by atoms with Crippen LogP contribution in [0.2, 0.25) is 18.1 Å². The van der Waals surface area contributed by atoms with Crippen molar-refractivity contribution < 1.29 is 4.43 Å². The van der Waals surface area contributed by atoms with Crippen molar-refractivity contribution in [1.29, 1.82) is 5.26 Å². The van der Waals surface area contributed by atoms with Crippen LogP contribution in [0.25, 0.3) is 0 Å². The molecule has 0 spiro atoms. The van der Waals surface area contributed by atoms with Gasteiger partial charge in [0.25, 0.3) is 0 Å². The standard InChI is InChI=1S/C11H21NOSi/c1-11(2,3)14(4,5)13-10-8-6-7-9-12/h8,10H,6-7H2,1-5H3/b10-8-. The van der Waals surface area contributed by atoms with Gasteiger partial charge in [0.05, 0.1) is 12.3 Å². The van der Waals surface area contributed by atoms with Gasteiger partial charge in [-0.15, -0.1) is 0 Å². The van der Waals surface area contributed by atoms with Crippen LogP contribution in [0, 0.1) is 11.3 Å². The van der Waals surface area contributed by atoms with E-state index < -0.39 is 8.32 Å². The predicted molar refractivity (Wildman–Crippen MR) is 62.3 cm³/mol. The zero-order valence-electron chi connectivity index (χ0n) is 9.92. The number of allylic oxidation sites excluding steroid dienone is 1. The minimum Gasteiger partial charge on any atom is -0.549 e. The first kappa shape index (κ1) is 13.2. The summed E-state index contributed by atoms with van der Waals surface area (Å²) in [6, 6.07) is 2.10. The minimum absolute atomic E-state index is 0.243. The van der Waals surface area contributed by atoms with Crippen molar-refractivity contribution in [3.63, 3.8) is 0 Å². The fourth-order valence-corrected chi connectivity index (χ4v) is 1.40. The van der Waals surface area contributed by atoms with Gasteiger partial charge < -0.3 is 4.43 Å². The number of hydrogen-bond donors (Lipinski definition) is 0. The molecule has 0 aromatic rings. The van der Waals surface area contributed by atoms with Crippen LogP contribution in [0.5, 0.6) is 0 Å². The van der Waals surface area contributed by atoms with Crippen LogP contribution in [0.4, 0.5) is 0 Å². The molecule has 0 saturated heterocycles. The second-order valence-electron chi connectivity index (χ2n) is 4.95. The van der Waals surface area contributed by atoms with Crippen LogP contribution in [-0.4, -0.2) is 8.32 Å². The third-order valence-electron chi connectivity index (χ3n) is 2.69. The molecule has 14 heavy (non-hydrogen) atoms. The van der Waals surface area contributed by atoms with E-state index >= 15 is 0 Å². The number of hydrogen-bond acceptors (Lipinski definition) is 2. The van der Waals surface area contributed by atoms with E-state index in [1.807, 2.05) is 6.08 Å². The lowest BCUT2D eigenvalue weighted by Crippen LogP contribution is -2.39. The lowest BCUT2D eigenvalue weighted by molar-refractivity contribution is 0.428. The van der Waals surface area contributed by atoms with Gasteiger partial charge in [-0.05, 0) is 24.6 Å². The Balaban J connectivity index is 4.01. The zero-order chi connectivity index (χ0) is 11.2. The number of nitrogens with zero attached hydrogens (tertiary/aromatic N) is 1. The molecule has 80 valence electrons.